The van der Waals surface area contributed by atoms with Crippen LogP contribution in [-0.2, 0) is 17.9 Å². The molecule has 136 valence electrons. The second-order valence-corrected chi connectivity index (χ2v) is 6.30. The van der Waals surface area contributed by atoms with Gasteiger partial charge in [0, 0.05) is 29.2 Å². The van der Waals surface area contributed by atoms with Crippen molar-refractivity contribution in [3.05, 3.63) is 71.7 Å². The maximum atomic E-state index is 12.6. The zero-order valence-electron chi connectivity index (χ0n) is 15.2. The van der Waals surface area contributed by atoms with E-state index in [2.05, 4.69) is 10.1 Å². The Hall–Kier alpha value is -3.41. The predicted molar refractivity (Wildman–Crippen MR) is 101 cm³/mol. The van der Waals surface area contributed by atoms with E-state index in [9.17, 15) is 4.79 Å². The van der Waals surface area contributed by atoms with Gasteiger partial charge in [0.05, 0.1) is 5.56 Å². The highest BCUT2D eigenvalue weighted by molar-refractivity contribution is 6.04. The molecule has 6 heteroatoms. The number of para-hydroxylation sites is 1. The molecule has 6 nitrogen and oxygen atoms in total. The molecule has 0 spiro atoms. The fourth-order valence-electron chi connectivity index (χ4n) is 3.00. The van der Waals surface area contributed by atoms with Gasteiger partial charge in [-0.25, -0.2) is 4.79 Å². The first kappa shape index (κ1) is 17.0. The number of carbonyl (C=O) groups is 1. The summed E-state index contributed by atoms with van der Waals surface area (Å²) in [5.41, 5.74) is 3.53. The third-order valence-corrected chi connectivity index (χ3v) is 4.45. The van der Waals surface area contributed by atoms with E-state index in [4.69, 9.17) is 9.26 Å². The van der Waals surface area contributed by atoms with Crippen molar-refractivity contribution in [1.29, 1.82) is 0 Å². The Morgan fingerprint density at radius 3 is 2.70 bits per heavy atom. The summed E-state index contributed by atoms with van der Waals surface area (Å²) in [4.78, 5) is 16.9. The van der Waals surface area contributed by atoms with E-state index in [1.807, 2.05) is 73.1 Å². The Morgan fingerprint density at radius 2 is 1.93 bits per heavy atom. The Kier molecular flexibility index (Phi) is 4.46. The highest BCUT2D eigenvalue weighted by Gasteiger charge is 2.17. The first-order valence-electron chi connectivity index (χ1n) is 8.80. The largest absolute Gasteiger partial charge is 0.454 e. The Morgan fingerprint density at radius 1 is 1.15 bits per heavy atom. The molecular weight excluding hydrogens is 342 g/mol. The summed E-state index contributed by atoms with van der Waals surface area (Å²) in [6, 6.07) is 15.5. The number of carbonyl (C=O) groups excluding carboxylic acids is 1. The third kappa shape index (κ3) is 3.33. The van der Waals surface area contributed by atoms with Crippen molar-refractivity contribution < 1.29 is 14.1 Å². The molecule has 0 aliphatic heterocycles. The van der Waals surface area contributed by atoms with Gasteiger partial charge in [-0.15, -0.1) is 0 Å². The van der Waals surface area contributed by atoms with Crippen molar-refractivity contribution in [2.24, 2.45) is 0 Å². The van der Waals surface area contributed by atoms with Crippen LogP contribution < -0.4 is 0 Å². The van der Waals surface area contributed by atoms with Crippen LogP contribution in [0.4, 0.5) is 0 Å². The molecule has 27 heavy (non-hydrogen) atoms. The van der Waals surface area contributed by atoms with E-state index in [1.54, 1.807) is 0 Å². The van der Waals surface area contributed by atoms with Crippen molar-refractivity contribution in [2.45, 2.75) is 27.0 Å². The number of hydrogen-bond donors (Lipinski definition) is 0. The zero-order valence-corrected chi connectivity index (χ0v) is 15.2. The topological polar surface area (TPSA) is 70.2 Å². The average Bonchev–Trinajstić information content (AvgIpc) is 3.31. The van der Waals surface area contributed by atoms with Crippen molar-refractivity contribution in [1.82, 2.24) is 14.7 Å². The summed E-state index contributed by atoms with van der Waals surface area (Å²) < 4.78 is 12.7. The fourth-order valence-corrected chi connectivity index (χ4v) is 3.00. The van der Waals surface area contributed by atoms with Crippen molar-refractivity contribution in [2.75, 3.05) is 0 Å². The van der Waals surface area contributed by atoms with Gasteiger partial charge in [-0.1, -0.05) is 41.1 Å². The van der Waals surface area contributed by atoms with Gasteiger partial charge in [-0.2, -0.15) is 4.98 Å². The van der Waals surface area contributed by atoms with Crippen LogP contribution >= 0.6 is 0 Å². The number of ether oxygens (including phenoxy) is 1. The molecule has 0 N–H and O–H groups in total. The Labute approximate surface area is 156 Å². The number of fused-ring (bicyclic) bond motifs is 1. The molecule has 0 saturated heterocycles. The lowest BCUT2D eigenvalue weighted by Gasteiger charge is -2.00. The number of benzene rings is 2. The zero-order chi connectivity index (χ0) is 18.8. The molecule has 4 aromatic rings. The molecule has 0 radical (unpaired) electrons. The van der Waals surface area contributed by atoms with E-state index < -0.39 is 5.97 Å². The van der Waals surface area contributed by atoms with Crippen molar-refractivity contribution >= 4 is 16.9 Å². The first-order chi connectivity index (χ1) is 13.2. The second kappa shape index (κ2) is 7.07. The first-order valence-corrected chi connectivity index (χ1v) is 8.80. The van der Waals surface area contributed by atoms with Gasteiger partial charge < -0.3 is 13.8 Å². The maximum Gasteiger partial charge on any atom is 0.340 e. The molecule has 4 rings (SSSR count). The van der Waals surface area contributed by atoms with Gasteiger partial charge >= 0.3 is 5.97 Å². The lowest BCUT2D eigenvalue weighted by molar-refractivity contribution is 0.0462. The molecule has 0 fully saturated rings. The van der Waals surface area contributed by atoms with Gasteiger partial charge in [0.25, 0.3) is 5.89 Å². The fraction of sp³-hybridized carbons (Fsp3) is 0.190. The molecule has 2 aromatic heterocycles. The molecule has 0 saturated carbocycles. The van der Waals surface area contributed by atoms with Gasteiger partial charge in [0.1, 0.15) is 0 Å². The molecule has 0 bridgehead atoms. The average molecular weight is 361 g/mol. The minimum absolute atomic E-state index is 0.0418. The Balaban J connectivity index is 1.50. The summed E-state index contributed by atoms with van der Waals surface area (Å²) in [5.74, 6) is 0.335. The van der Waals surface area contributed by atoms with E-state index in [1.165, 1.54) is 0 Å². The number of aryl methyl sites for hydroxylation is 2. The molecular formula is C21H19N3O3. The SMILES string of the molecule is CCn1cc(C(=O)OCc2noc(-c3ccc(C)cc3)n2)c2ccccc21. The van der Waals surface area contributed by atoms with Gasteiger partial charge in [-0.05, 0) is 32.0 Å². The third-order valence-electron chi connectivity index (χ3n) is 4.45. The summed E-state index contributed by atoms with van der Waals surface area (Å²) in [6.07, 6.45) is 1.82. The van der Waals surface area contributed by atoms with Gasteiger partial charge in [-0.3, -0.25) is 0 Å². The lowest BCUT2D eigenvalue weighted by atomic mass is 10.1. The summed E-state index contributed by atoms with van der Waals surface area (Å²) >= 11 is 0. The van der Waals surface area contributed by atoms with Gasteiger partial charge in [0.15, 0.2) is 6.61 Å². The highest BCUT2D eigenvalue weighted by Crippen LogP contribution is 2.23. The second-order valence-electron chi connectivity index (χ2n) is 6.30. The minimum atomic E-state index is -0.403. The van der Waals surface area contributed by atoms with Crippen LogP contribution in [0.1, 0.15) is 28.7 Å². The summed E-state index contributed by atoms with van der Waals surface area (Å²) in [7, 11) is 0. The number of rotatable bonds is 5. The Bertz CT molecular complexity index is 1090. The van der Waals surface area contributed by atoms with Gasteiger partial charge in [0.2, 0.25) is 5.82 Å². The quantitative estimate of drug-likeness (QED) is 0.494. The van der Waals surface area contributed by atoms with Crippen LogP contribution in [0.15, 0.2) is 59.3 Å². The maximum absolute atomic E-state index is 12.6. The standard InChI is InChI=1S/C21H19N3O3/c1-3-24-12-17(16-6-4-5-7-18(16)24)21(25)26-13-19-22-20(27-23-19)15-10-8-14(2)9-11-15/h4-12H,3,13H2,1-2H3. The molecule has 0 amide bonds. The smallest absolute Gasteiger partial charge is 0.340 e. The van der Waals surface area contributed by atoms with E-state index in [0.29, 0.717) is 17.3 Å². The lowest BCUT2D eigenvalue weighted by Crippen LogP contribution is -2.05. The highest BCUT2D eigenvalue weighted by atomic mass is 16.5. The van der Waals surface area contributed by atoms with Crippen LogP contribution in [0, 0.1) is 6.92 Å². The molecule has 0 atom stereocenters. The van der Waals surface area contributed by atoms with Crippen LogP contribution in [0.25, 0.3) is 22.4 Å². The van der Waals surface area contributed by atoms with Crippen LogP contribution in [0.5, 0.6) is 0 Å². The predicted octanol–water partition coefficient (Wildman–Crippen LogP) is 4.38. The van der Waals surface area contributed by atoms with Crippen molar-refractivity contribution in [3.63, 3.8) is 0 Å². The van der Waals surface area contributed by atoms with E-state index in [-0.39, 0.29) is 6.61 Å². The molecule has 2 heterocycles. The van der Waals surface area contributed by atoms with Crippen LogP contribution in [-0.4, -0.2) is 20.7 Å². The van der Waals surface area contributed by atoms with Crippen LogP contribution in [0.2, 0.25) is 0 Å². The van der Waals surface area contributed by atoms with E-state index >= 15 is 0 Å². The van der Waals surface area contributed by atoms with Crippen molar-refractivity contribution in [3.8, 4) is 11.5 Å². The number of hydrogen-bond acceptors (Lipinski definition) is 5. The summed E-state index contributed by atoms with van der Waals surface area (Å²) in [6.45, 7) is 4.78. The molecule has 0 unspecified atom stereocenters. The monoisotopic (exact) mass is 361 g/mol. The molecule has 2 aromatic carbocycles. The van der Waals surface area contributed by atoms with E-state index in [0.717, 1.165) is 28.6 Å². The molecule has 0 aliphatic rings. The number of esters is 1. The minimum Gasteiger partial charge on any atom is -0.454 e. The number of nitrogens with zero attached hydrogens (tertiary/aromatic N) is 3. The van der Waals surface area contributed by atoms with Crippen LogP contribution in [0.3, 0.4) is 0 Å². The number of aromatic nitrogens is 3. The summed E-state index contributed by atoms with van der Waals surface area (Å²) in [5, 5.41) is 4.77. The molecule has 0 aliphatic carbocycles. The normalized spacial score (nSPS) is 11.0.